The normalized spacial score (nSPS) is 11.9. The first-order valence-electron chi connectivity index (χ1n) is 46.0. The third-order valence-corrected chi connectivity index (χ3v) is 30.1. The summed E-state index contributed by atoms with van der Waals surface area (Å²) in [7, 11) is 0. The highest BCUT2D eigenvalue weighted by atomic mass is 32.1. The zero-order valence-corrected chi connectivity index (χ0v) is 74.7. The number of benzene rings is 20. The Bertz CT molecular complexity index is 9710. The lowest BCUT2D eigenvalue weighted by molar-refractivity contribution is 0.670. The molecule has 9 heterocycles. The van der Waals surface area contributed by atoms with E-state index < -0.39 is 0 Å². The fourth-order valence-corrected chi connectivity index (χ4v) is 23.9. The minimum atomic E-state index is 0.920. The van der Waals surface area contributed by atoms with Crippen molar-refractivity contribution >= 4 is 183 Å². The van der Waals surface area contributed by atoms with Crippen molar-refractivity contribution in [2.75, 3.05) is 0 Å². The van der Waals surface area contributed by atoms with E-state index in [1.807, 2.05) is 34.8 Å². The molecule has 9 aromatic heterocycles. The molecule has 0 aliphatic heterocycles. The van der Waals surface area contributed by atoms with E-state index in [-0.39, 0.29) is 0 Å². The second-order valence-electron chi connectivity index (χ2n) is 35.0. The molecule has 29 rings (SSSR count). The molecule has 0 saturated heterocycles. The predicted octanol–water partition coefficient (Wildman–Crippen LogP) is 35.2. The summed E-state index contributed by atoms with van der Waals surface area (Å²) in [6.45, 7) is 0. The average molecular weight is 1760 g/mol. The Labute approximate surface area is 784 Å². The Kier molecular flexibility index (Phi) is 18.3. The summed E-state index contributed by atoms with van der Waals surface area (Å²) in [6, 6.07) is 169. The number of thiophene rings is 2. The maximum absolute atomic E-state index is 6.33. The molecule has 0 bridgehead atoms. The summed E-state index contributed by atoms with van der Waals surface area (Å²) in [5, 5.41) is 18.9. The van der Waals surface area contributed by atoms with Crippen molar-refractivity contribution in [1.29, 1.82) is 0 Å². The van der Waals surface area contributed by atoms with Crippen LogP contribution in [0.15, 0.2) is 490 Å². The minimum Gasteiger partial charge on any atom is -0.455 e. The Morgan fingerprint density at radius 1 is 0.170 bits per heavy atom. The van der Waals surface area contributed by atoms with Gasteiger partial charge in [-0.25, -0.2) is 0 Å². The molecule has 632 valence electrons. The first-order valence-corrected chi connectivity index (χ1v) is 47.6. The maximum atomic E-state index is 6.33. The van der Waals surface area contributed by atoms with E-state index in [4.69, 9.17) is 4.42 Å². The quantitative estimate of drug-likeness (QED) is 0.127. The molecule has 20 aromatic carbocycles. The third kappa shape index (κ3) is 12.8. The van der Waals surface area contributed by atoms with Gasteiger partial charge in [0.05, 0.1) is 60.0 Å². The van der Waals surface area contributed by atoms with Crippen molar-refractivity contribution in [3.05, 3.63) is 486 Å². The van der Waals surface area contributed by atoms with E-state index in [1.165, 1.54) is 194 Å². The van der Waals surface area contributed by atoms with Crippen molar-refractivity contribution < 1.29 is 4.42 Å². The third-order valence-electron chi connectivity index (χ3n) is 27.5. The van der Waals surface area contributed by atoms with Gasteiger partial charge in [-0.1, -0.05) is 322 Å². The van der Waals surface area contributed by atoms with E-state index in [9.17, 15) is 0 Å². The van der Waals surface area contributed by atoms with Gasteiger partial charge < -0.3 is 31.8 Å². The predicted molar refractivity (Wildman–Crippen MR) is 573 cm³/mol. The van der Waals surface area contributed by atoms with Crippen LogP contribution in [0.2, 0.25) is 0 Å². The first kappa shape index (κ1) is 77.6. The molecule has 0 spiro atoms. The van der Waals surface area contributed by atoms with Gasteiger partial charge in [0.25, 0.3) is 0 Å². The maximum Gasteiger partial charge on any atom is 0.143 e. The SMILES string of the molecule is c1ccc(-c2ccc(-c3cccc4c3sc3c(-c5ccc(-n6c7ccccc7c7cc8ccn(-c9ccccc9)c8cc76)cc5)cccc34)cc2)cc1.c1ccc(-c2cccc3c2sc2c(-n4c5ccccc5c5cc6ccn(-c7ccccc7)c6cc54)cccc23)cc1.c1ccc(-n2ccc3cc4c5ccccc5n(-c5ccc(-c6cccc7c6oc6ccccc67)cc5)c4cc32)cc1. The molecule has 0 atom stereocenters. The zero-order valence-electron chi connectivity index (χ0n) is 73.1. The first-order chi connectivity index (χ1) is 67.0. The van der Waals surface area contributed by atoms with Gasteiger partial charge in [-0.05, 0) is 196 Å². The highest BCUT2D eigenvalue weighted by Crippen LogP contribution is 2.49. The fourth-order valence-electron chi connectivity index (χ4n) is 21.2. The Morgan fingerprint density at radius 2 is 0.474 bits per heavy atom. The van der Waals surface area contributed by atoms with Crippen molar-refractivity contribution in [2.24, 2.45) is 0 Å². The van der Waals surface area contributed by atoms with Gasteiger partial charge in [-0.3, -0.25) is 0 Å². The van der Waals surface area contributed by atoms with Crippen LogP contribution >= 0.6 is 22.7 Å². The van der Waals surface area contributed by atoms with Gasteiger partial charge in [-0.2, -0.15) is 0 Å². The smallest absolute Gasteiger partial charge is 0.143 e. The standard InChI is InChI=1S/C50H32N2S.C38H24N2O.C38H24N2S/c1-3-11-33(12-4-1)34-21-23-35(24-22-34)40-16-9-18-43-44-19-10-17-41(50(44)53-49(40)43)36-25-27-39(28-26-36)52-46-20-8-7-15-42(46)45-31-37-29-30-51(47(37)32-48(45)52)38-13-5-2-6-14-38;1-2-9-27(10-3-1)39-22-21-26-23-33-30-11-4-6-15-34(30)40(36(33)24-35(26)39)28-19-17-25(18-20-28)29-13-8-14-32-31-12-5-7-16-37(31)41-38(29)32;1-3-11-25(12-4-1)28-16-9-17-30-31-18-10-20-34(38(31)41-37(28)30)40-33-19-8-7-15-29(33)32-23-26-21-22-39(35(26)24-36(32)40)27-13-5-2-6-14-27/h1-32H;2*1-24H. The molecule has 0 N–H and O–H groups in total. The number of rotatable bonds is 11. The van der Waals surface area contributed by atoms with E-state index >= 15 is 0 Å². The monoisotopic (exact) mass is 1760 g/mol. The van der Waals surface area contributed by atoms with E-state index in [1.54, 1.807) is 0 Å². The molecular weight excluding hydrogens is 1680 g/mol. The number of para-hydroxylation sites is 8. The summed E-state index contributed by atoms with van der Waals surface area (Å²) < 4.78 is 25.8. The van der Waals surface area contributed by atoms with Crippen LogP contribution in [0.5, 0.6) is 0 Å². The van der Waals surface area contributed by atoms with E-state index in [0.717, 1.165) is 55.8 Å². The van der Waals surface area contributed by atoms with Gasteiger partial charge in [0.1, 0.15) is 11.2 Å². The molecule has 29 aromatic rings. The van der Waals surface area contributed by atoms with Gasteiger partial charge in [0, 0.05) is 147 Å². The van der Waals surface area contributed by atoms with Gasteiger partial charge in [0.15, 0.2) is 0 Å². The van der Waals surface area contributed by atoms with Crippen LogP contribution in [-0.4, -0.2) is 27.4 Å². The molecule has 0 radical (unpaired) electrons. The Hall–Kier alpha value is -17.3. The number of furan rings is 1. The topological polar surface area (TPSA) is 42.7 Å². The van der Waals surface area contributed by atoms with Crippen LogP contribution in [0.25, 0.3) is 250 Å². The molecule has 0 amide bonds. The zero-order chi connectivity index (χ0) is 88.7. The van der Waals surface area contributed by atoms with Crippen molar-refractivity contribution in [3.63, 3.8) is 0 Å². The van der Waals surface area contributed by atoms with Crippen LogP contribution < -0.4 is 0 Å². The minimum absolute atomic E-state index is 0.920. The second-order valence-corrected chi connectivity index (χ2v) is 37.0. The van der Waals surface area contributed by atoms with Crippen LogP contribution in [0, 0.1) is 0 Å². The molecular formula is C126H80N6OS2. The molecule has 0 aliphatic carbocycles. The molecule has 0 unspecified atom stereocenters. The summed E-state index contributed by atoms with van der Waals surface area (Å²) >= 11 is 3.81. The van der Waals surface area contributed by atoms with Crippen molar-refractivity contribution in [2.45, 2.75) is 0 Å². The van der Waals surface area contributed by atoms with Gasteiger partial charge in [-0.15, -0.1) is 22.7 Å². The van der Waals surface area contributed by atoms with Crippen LogP contribution in [0.1, 0.15) is 0 Å². The molecule has 0 aliphatic rings. The largest absolute Gasteiger partial charge is 0.455 e. The van der Waals surface area contributed by atoms with Gasteiger partial charge in [0.2, 0.25) is 0 Å². The van der Waals surface area contributed by atoms with Crippen molar-refractivity contribution in [3.8, 4) is 89.8 Å². The van der Waals surface area contributed by atoms with Crippen LogP contribution in [0.4, 0.5) is 0 Å². The van der Waals surface area contributed by atoms with E-state index in [2.05, 4.69) is 501 Å². The summed E-state index contributed by atoms with van der Waals surface area (Å²) in [5.74, 6) is 0. The molecule has 0 fully saturated rings. The number of fused-ring (bicyclic) bond motifs is 21. The second kappa shape index (κ2) is 31.8. The van der Waals surface area contributed by atoms with E-state index in [0.29, 0.717) is 0 Å². The lowest BCUT2D eigenvalue weighted by atomic mass is 9.98. The molecule has 9 heteroatoms. The highest BCUT2D eigenvalue weighted by molar-refractivity contribution is 7.27. The summed E-state index contributed by atoms with van der Waals surface area (Å²) in [5.41, 5.74) is 32.0. The number of hydrogen-bond acceptors (Lipinski definition) is 3. The molecule has 135 heavy (non-hydrogen) atoms. The summed E-state index contributed by atoms with van der Waals surface area (Å²) in [6.07, 6.45) is 6.53. The van der Waals surface area contributed by atoms with Gasteiger partial charge >= 0.3 is 0 Å². The average Bonchev–Trinajstić information content (AvgIpc) is 1.50. The fraction of sp³-hybridized carbons (Fsp3) is 0. The number of nitrogens with zero attached hydrogens (tertiary/aromatic N) is 6. The number of aromatic nitrogens is 6. The van der Waals surface area contributed by atoms with Crippen LogP contribution in [0.3, 0.4) is 0 Å². The highest BCUT2D eigenvalue weighted by Gasteiger charge is 2.24. The Morgan fingerprint density at radius 3 is 0.919 bits per heavy atom. The molecule has 0 saturated carbocycles. The van der Waals surface area contributed by atoms with Crippen LogP contribution in [-0.2, 0) is 0 Å². The lowest BCUT2D eigenvalue weighted by Crippen LogP contribution is -1.95. The number of hydrogen-bond donors (Lipinski definition) is 0. The lowest BCUT2D eigenvalue weighted by Gasteiger charge is -2.11. The summed E-state index contributed by atoms with van der Waals surface area (Å²) in [4.78, 5) is 0. The van der Waals surface area contributed by atoms with Crippen molar-refractivity contribution in [1.82, 2.24) is 27.4 Å². The molecule has 7 nitrogen and oxygen atoms in total. The Balaban J connectivity index is 0.000000104.